The molecule has 2 aromatic carbocycles. The third-order valence-corrected chi connectivity index (χ3v) is 5.83. The molecule has 4 heteroatoms. The lowest BCUT2D eigenvalue weighted by Crippen LogP contribution is -2.53. The van der Waals surface area contributed by atoms with Crippen molar-refractivity contribution in [2.24, 2.45) is 0 Å². The maximum absolute atomic E-state index is 11.7. The summed E-state index contributed by atoms with van der Waals surface area (Å²) in [6, 6.07) is 17.6. The zero-order valence-electron chi connectivity index (χ0n) is 16.2. The van der Waals surface area contributed by atoms with E-state index in [1.54, 1.807) is 6.92 Å². The molecule has 0 aliphatic carbocycles. The van der Waals surface area contributed by atoms with E-state index in [1.165, 1.54) is 22.5 Å². The zero-order valence-corrected chi connectivity index (χ0v) is 16.2. The van der Waals surface area contributed by atoms with Gasteiger partial charge in [-0.25, -0.2) is 0 Å². The van der Waals surface area contributed by atoms with Crippen LogP contribution in [0, 0.1) is 0 Å². The maximum atomic E-state index is 11.7. The highest BCUT2D eigenvalue weighted by Gasteiger charge is 2.23. The topological polar surface area (TPSA) is 35.6 Å². The van der Waals surface area contributed by atoms with Gasteiger partial charge in [-0.2, -0.15) is 0 Å². The molecule has 142 valence electrons. The Balaban J connectivity index is 1.47. The van der Waals surface area contributed by atoms with Crippen LogP contribution in [0.5, 0.6) is 0 Å². The van der Waals surface area contributed by atoms with E-state index in [4.69, 9.17) is 0 Å². The Labute approximate surface area is 162 Å². The smallest absolute Gasteiger partial charge is 0.147 e. The molecule has 0 bridgehead atoms. The van der Waals surface area contributed by atoms with Gasteiger partial charge in [-0.1, -0.05) is 36.4 Å². The van der Waals surface area contributed by atoms with Crippen molar-refractivity contribution in [3.05, 3.63) is 59.7 Å². The van der Waals surface area contributed by atoms with Crippen LogP contribution in [0.15, 0.2) is 48.5 Å². The molecule has 1 fully saturated rings. The Morgan fingerprint density at radius 2 is 1.63 bits per heavy atom. The number of carbonyl (C=O) groups excluding carboxylic acids is 1. The molecule has 1 N–H and O–H groups in total. The first kappa shape index (κ1) is 18.2. The van der Waals surface area contributed by atoms with E-state index < -0.39 is 0 Å². The molecule has 27 heavy (non-hydrogen) atoms. The SMILES string of the molecule is CC(=O)C1CN(CCCN2c3ccccc3CCc3ccccc32)CCN1. The molecule has 0 spiro atoms. The standard InChI is InChI=1S/C23H29N3O/c1-18(27)21-17-25(16-13-24-21)14-6-15-26-22-9-4-2-7-19(22)11-12-20-8-3-5-10-23(20)26/h2-5,7-10,21,24H,6,11-17H2,1H3. The molecule has 2 aliphatic rings. The predicted octanol–water partition coefficient (Wildman–Crippen LogP) is 3.18. The first-order valence-corrected chi connectivity index (χ1v) is 10.1. The lowest BCUT2D eigenvalue weighted by molar-refractivity contribution is -0.120. The summed E-state index contributed by atoms with van der Waals surface area (Å²) in [6.45, 7) is 6.49. The molecule has 1 atom stereocenters. The minimum atomic E-state index is -0.00149. The summed E-state index contributed by atoms with van der Waals surface area (Å²) < 4.78 is 0. The molecule has 1 unspecified atom stereocenters. The van der Waals surface area contributed by atoms with Crippen LogP contribution >= 0.6 is 0 Å². The van der Waals surface area contributed by atoms with Crippen molar-refractivity contribution in [3.8, 4) is 0 Å². The molecular formula is C23H29N3O. The third-order valence-electron chi connectivity index (χ3n) is 5.83. The second kappa shape index (κ2) is 8.24. The number of fused-ring (bicyclic) bond motifs is 2. The summed E-state index contributed by atoms with van der Waals surface area (Å²) >= 11 is 0. The van der Waals surface area contributed by atoms with Crippen molar-refractivity contribution >= 4 is 17.2 Å². The van der Waals surface area contributed by atoms with Crippen molar-refractivity contribution in [3.63, 3.8) is 0 Å². The number of para-hydroxylation sites is 2. The second-order valence-electron chi connectivity index (χ2n) is 7.68. The quantitative estimate of drug-likeness (QED) is 0.885. The number of rotatable bonds is 5. The number of ketones is 1. The second-order valence-corrected chi connectivity index (χ2v) is 7.68. The van der Waals surface area contributed by atoms with E-state index in [9.17, 15) is 4.79 Å². The fourth-order valence-electron chi connectivity index (χ4n) is 4.35. The molecule has 2 heterocycles. The van der Waals surface area contributed by atoms with Crippen LogP contribution in [0.1, 0.15) is 24.5 Å². The summed E-state index contributed by atoms with van der Waals surface area (Å²) in [7, 11) is 0. The van der Waals surface area contributed by atoms with E-state index in [0.717, 1.165) is 52.0 Å². The minimum Gasteiger partial charge on any atom is -0.341 e. The van der Waals surface area contributed by atoms with Crippen molar-refractivity contribution < 1.29 is 4.79 Å². The predicted molar refractivity (Wildman–Crippen MR) is 111 cm³/mol. The Morgan fingerprint density at radius 3 is 2.26 bits per heavy atom. The first-order valence-electron chi connectivity index (χ1n) is 10.1. The molecule has 0 radical (unpaired) electrons. The van der Waals surface area contributed by atoms with Crippen molar-refractivity contribution in [2.75, 3.05) is 37.6 Å². The number of benzene rings is 2. The number of nitrogens with one attached hydrogen (secondary N) is 1. The Kier molecular flexibility index (Phi) is 5.55. The van der Waals surface area contributed by atoms with E-state index in [-0.39, 0.29) is 11.8 Å². The van der Waals surface area contributed by atoms with E-state index >= 15 is 0 Å². The van der Waals surface area contributed by atoms with Crippen molar-refractivity contribution in [2.45, 2.75) is 32.2 Å². The molecule has 0 aromatic heterocycles. The number of nitrogens with zero attached hydrogens (tertiary/aromatic N) is 2. The molecule has 0 amide bonds. The summed E-state index contributed by atoms with van der Waals surface area (Å²) in [5.74, 6) is 0.245. The van der Waals surface area contributed by atoms with Gasteiger partial charge in [0.05, 0.1) is 6.04 Å². The van der Waals surface area contributed by atoms with Crippen LogP contribution in [-0.4, -0.2) is 49.4 Å². The van der Waals surface area contributed by atoms with Gasteiger partial charge in [-0.15, -0.1) is 0 Å². The molecule has 4 nitrogen and oxygen atoms in total. The number of hydrogen-bond donors (Lipinski definition) is 1. The monoisotopic (exact) mass is 363 g/mol. The molecule has 2 aromatic rings. The van der Waals surface area contributed by atoms with Crippen molar-refractivity contribution in [1.82, 2.24) is 10.2 Å². The van der Waals surface area contributed by atoms with Gasteiger partial charge in [0.1, 0.15) is 5.78 Å². The number of carbonyl (C=O) groups is 1. The number of anilines is 2. The Morgan fingerprint density at radius 1 is 1.00 bits per heavy atom. The largest absolute Gasteiger partial charge is 0.341 e. The number of aryl methyl sites for hydroxylation is 2. The Bertz CT molecular complexity index is 756. The summed E-state index contributed by atoms with van der Waals surface area (Å²) in [5.41, 5.74) is 5.58. The highest BCUT2D eigenvalue weighted by Crippen LogP contribution is 2.35. The van der Waals surface area contributed by atoms with Gasteiger partial charge < -0.3 is 15.1 Å². The van der Waals surface area contributed by atoms with Gasteiger partial charge in [0.15, 0.2) is 0 Å². The van der Waals surface area contributed by atoms with Crippen LogP contribution in [0.25, 0.3) is 0 Å². The molecule has 4 rings (SSSR count). The van der Waals surface area contributed by atoms with Gasteiger partial charge in [-0.3, -0.25) is 4.79 Å². The highest BCUT2D eigenvalue weighted by atomic mass is 16.1. The average molecular weight is 364 g/mol. The third kappa shape index (κ3) is 4.07. The zero-order chi connectivity index (χ0) is 18.6. The molecule has 2 aliphatic heterocycles. The molecule has 0 saturated carbocycles. The van der Waals surface area contributed by atoms with Gasteiger partial charge in [0.25, 0.3) is 0 Å². The summed E-state index contributed by atoms with van der Waals surface area (Å²) in [4.78, 5) is 16.6. The number of hydrogen-bond acceptors (Lipinski definition) is 4. The van der Waals surface area contributed by atoms with Crippen LogP contribution in [0.2, 0.25) is 0 Å². The first-order chi connectivity index (χ1) is 13.2. The fraction of sp³-hybridized carbons (Fsp3) is 0.435. The van der Waals surface area contributed by atoms with Gasteiger partial charge >= 0.3 is 0 Å². The maximum Gasteiger partial charge on any atom is 0.147 e. The molecular weight excluding hydrogens is 334 g/mol. The highest BCUT2D eigenvalue weighted by molar-refractivity contribution is 5.81. The number of piperazine rings is 1. The van der Waals surface area contributed by atoms with Gasteiger partial charge in [0.2, 0.25) is 0 Å². The van der Waals surface area contributed by atoms with Gasteiger partial charge in [-0.05, 0) is 56.0 Å². The van der Waals surface area contributed by atoms with E-state index in [0.29, 0.717) is 0 Å². The molecule has 1 saturated heterocycles. The average Bonchev–Trinajstić information content (AvgIpc) is 2.86. The summed E-state index contributed by atoms with van der Waals surface area (Å²) in [5, 5.41) is 3.32. The Hall–Kier alpha value is -2.17. The van der Waals surface area contributed by atoms with E-state index in [2.05, 4.69) is 63.6 Å². The normalized spacial score (nSPS) is 19.9. The summed E-state index contributed by atoms with van der Waals surface area (Å²) in [6.07, 6.45) is 3.29. The van der Waals surface area contributed by atoms with Crippen LogP contribution in [0.3, 0.4) is 0 Å². The van der Waals surface area contributed by atoms with E-state index in [1.807, 2.05) is 0 Å². The van der Waals surface area contributed by atoms with Crippen LogP contribution in [0.4, 0.5) is 11.4 Å². The van der Waals surface area contributed by atoms with Crippen LogP contribution in [-0.2, 0) is 17.6 Å². The number of Topliss-reactive ketones (excluding diaryl/α,β-unsaturated/α-hetero) is 1. The van der Waals surface area contributed by atoms with Gasteiger partial charge in [0, 0.05) is 37.6 Å². The lowest BCUT2D eigenvalue weighted by Gasteiger charge is -2.33. The lowest BCUT2D eigenvalue weighted by atomic mass is 10.0. The van der Waals surface area contributed by atoms with Crippen LogP contribution < -0.4 is 10.2 Å². The fourth-order valence-corrected chi connectivity index (χ4v) is 4.35. The van der Waals surface area contributed by atoms with Crippen molar-refractivity contribution in [1.29, 1.82) is 0 Å². The minimum absolute atomic E-state index is 0.00149.